The van der Waals surface area contributed by atoms with Crippen LogP contribution >= 0.6 is 23.8 Å². The Kier molecular flexibility index (Phi) is 6.19. The van der Waals surface area contributed by atoms with Crippen molar-refractivity contribution in [2.24, 2.45) is 10.8 Å². The van der Waals surface area contributed by atoms with Crippen LogP contribution in [0, 0.1) is 0 Å². The molecule has 0 aliphatic rings. The molecule has 7 heteroatoms. The maximum atomic E-state index is 6.01. The lowest BCUT2D eigenvalue weighted by Crippen LogP contribution is -2.24. The average molecular weight is 350 g/mol. The van der Waals surface area contributed by atoms with Gasteiger partial charge in [-0.25, -0.2) is 0 Å². The predicted molar refractivity (Wildman–Crippen MR) is 96.3 cm³/mol. The van der Waals surface area contributed by atoms with E-state index in [0.29, 0.717) is 22.9 Å². The molecule has 2 aromatic rings. The Morgan fingerprint density at radius 2 is 2.17 bits per heavy atom. The van der Waals surface area contributed by atoms with Gasteiger partial charge in [0.25, 0.3) is 0 Å². The molecule has 0 saturated heterocycles. The van der Waals surface area contributed by atoms with E-state index in [2.05, 4.69) is 10.5 Å². The quantitative estimate of drug-likeness (QED) is 0.476. The van der Waals surface area contributed by atoms with Gasteiger partial charge in [-0.1, -0.05) is 23.7 Å². The Labute approximate surface area is 145 Å². The van der Waals surface area contributed by atoms with Crippen LogP contribution in [0.15, 0.2) is 47.6 Å². The largest absolute Gasteiger partial charge is 0.497 e. The van der Waals surface area contributed by atoms with Gasteiger partial charge in [0.15, 0.2) is 5.11 Å². The molecule has 0 heterocycles. The zero-order valence-electron chi connectivity index (χ0n) is 12.5. The molecule has 2 aromatic carbocycles. The first-order chi connectivity index (χ1) is 11.1. The molecule has 5 nitrogen and oxygen atoms in total. The van der Waals surface area contributed by atoms with Crippen molar-refractivity contribution in [3.63, 3.8) is 0 Å². The normalized spacial score (nSPS) is 10.5. The lowest BCUT2D eigenvalue weighted by atomic mass is 10.2. The minimum atomic E-state index is 0.0853. The Balaban J connectivity index is 2.12. The SMILES string of the molecule is COc1cccc(COc2ccc(Cl)cc2C=NNC(N)=S)c1. The first-order valence-corrected chi connectivity index (χ1v) is 7.51. The molecule has 0 radical (unpaired) electrons. The third-order valence-corrected chi connectivity index (χ3v) is 3.21. The third kappa shape index (κ3) is 5.43. The lowest BCUT2D eigenvalue weighted by Gasteiger charge is -2.10. The summed E-state index contributed by atoms with van der Waals surface area (Å²) in [5, 5.41) is 4.59. The molecule has 0 spiro atoms. The van der Waals surface area contributed by atoms with Gasteiger partial charge in [0.2, 0.25) is 0 Å². The van der Waals surface area contributed by atoms with Crippen molar-refractivity contribution >= 4 is 35.1 Å². The molecular weight excluding hydrogens is 334 g/mol. The van der Waals surface area contributed by atoms with Crippen LogP contribution in [0.25, 0.3) is 0 Å². The number of benzene rings is 2. The molecule has 0 aliphatic carbocycles. The number of hydrogen-bond donors (Lipinski definition) is 2. The lowest BCUT2D eigenvalue weighted by molar-refractivity contribution is 0.305. The molecule has 0 saturated carbocycles. The van der Waals surface area contributed by atoms with Crippen molar-refractivity contribution in [1.29, 1.82) is 0 Å². The van der Waals surface area contributed by atoms with Crippen LogP contribution in [0.2, 0.25) is 5.02 Å². The van der Waals surface area contributed by atoms with Gasteiger partial charge in [0, 0.05) is 10.6 Å². The first kappa shape index (κ1) is 17.1. The van der Waals surface area contributed by atoms with Gasteiger partial charge in [0.05, 0.1) is 13.3 Å². The van der Waals surface area contributed by atoms with Crippen molar-refractivity contribution in [3.05, 3.63) is 58.6 Å². The summed E-state index contributed by atoms with van der Waals surface area (Å²) >= 11 is 10.7. The number of methoxy groups -OCH3 is 1. The number of hydrogen-bond acceptors (Lipinski definition) is 4. The standard InChI is InChI=1S/C16H16ClN3O2S/c1-21-14-4-2-3-11(7-14)10-22-15-6-5-13(17)8-12(15)9-19-20-16(18)23/h2-9H,10H2,1H3,(H3,18,20,23). The van der Waals surface area contributed by atoms with Crippen molar-refractivity contribution in [2.75, 3.05) is 7.11 Å². The van der Waals surface area contributed by atoms with Gasteiger partial charge >= 0.3 is 0 Å². The zero-order chi connectivity index (χ0) is 16.7. The van der Waals surface area contributed by atoms with E-state index in [1.54, 1.807) is 31.5 Å². The van der Waals surface area contributed by atoms with E-state index in [1.807, 2.05) is 24.3 Å². The van der Waals surface area contributed by atoms with E-state index in [-0.39, 0.29) is 5.11 Å². The summed E-state index contributed by atoms with van der Waals surface area (Å²) in [6.45, 7) is 0.391. The van der Waals surface area contributed by atoms with E-state index < -0.39 is 0 Å². The molecule has 0 unspecified atom stereocenters. The van der Waals surface area contributed by atoms with Gasteiger partial charge in [-0.15, -0.1) is 0 Å². The fourth-order valence-corrected chi connectivity index (χ4v) is 2.07. The highest BCUT2D eigenvalue weighted by atomic mass is 35.5. The monoisotopic (exact) mass is 349 g/mol. The molecule has 120 valence electrons. The topological polar surface area (TPSA) is 68.9 Å². The van der Waals surface area contributed by atoms with Crippen molar-refractivity contribution in [2.45, 2.75) is 6.61 Å². The minimum absolute atomic E-state index is 0.0853. The Hall–Kier alpha value is -2.31. The average Bonchev–Trinajstić information content (AvgIpc) is 2.54. The van der Waals surface area contributed by atoms with Gasteiger partial charge < -0.3 is 15.2 Å². The summed E-state index contributed by atoms with van der Waals surface area (Å²) < 4.78 is 11.0. The fourth-order valence-electron chi connectivity index (χ4n) is 1.84. The van der Waals surface area contributed by atoms with Gasteiger partial charge in [-0.2, -0.15) is 5.10 Å². The van der Waals surface area contributed by atoms with Crippen molar-refractivity contribution < 1.29 is 9.47 Å². The molecule has 0 aromatic heterocycles. The van der Waals surface area contributed by atoms with Crippen LogP contribution in [0.5, 0.6) is 11.5 Å². The second kappa shape index (κ2) is 8.36. The Morgan fingerprint density at radius 3 is 2.91 bits per heavy atom. The molecule has 0 atom stereocenters. The number of nitrogens with two attached hydrogens (primary N) is 1. The molecule has 0 aliphatic heterocycles. The van der Waals surface area contributed by atoms with E-state index >= 15 is 0 Å². The molecule has 0 amide bonds. The zero-order valence-corrected chi connectivity index (χ0v) is 14.0. The smallest absolute Gasteiger partial charge is 0.184 e. The van der Waals surface area contributed by atoms with Gasteiger partial charge in [-0.3, -0.25) is 5.43 Å². The summed E-state index contributed by atoms with van der Waals surface area (Å²) in [6, 6.07) is 12.9. The summed E-state index contributed by atoms with van der Waals surface area (Å²) in [6.07, 6.45) is 1.55. The van der Waals surface area contributed by atoms with Crippen LogP contribution in [-0.2, 0) is 6.61 Å². The van der Waals surface area contributed by atoms with Crippen LogP contribution < -0.4 is 20.6 Å². The molecule has 3 N–H and O–H groups in total. The Morgan fingerprint density at radius 1 is 1.35 bits per heavy atom. The van der Waals surface area contributed by atoms with E-state index in [1.165, 1.54) is 0 Å². The number of rotatable bonds is 6. The summed E-state index contributed by atoms with van der Waals surface area (Å²) in [4.78, 5) is 0. The minimum Gasteiger partial charge on any atom is -0.497 e. The second-order valence-corrected chi connectivity index (χ2v) is 5.43. The summed E-state index contributed by atoms with van der Waals surface area (Å²) in [5.41, 5.74) is 9.52. The number of halogens is 1. The second-order valence-electron chi connectivity index (χ2n) is 4.56. The van der Waals surface area contributed by atoms with Crippen LogP contribution in [0.1, 0.15) is 11.1 Å². The van der Waals surface area contributed by atoms with Gasteiger partial charge in [0.1, 0.15) is 18.1 Å². The molecule has 0 fully saturated rings. The number of nitrogens with one attached hydrogen (secondary N) is 1. The fraction of sp³-hybridized carbons (Fsp3) is 0.125. The highest BCUT2D eigenvalue weighted by Gasteiger charge is 2.04. The van der Waals surface area contributed by atoms with Crippen LogP contribution in [0.3, 0.4) is 0 Å². The van der Waals surface area contributed by atoms with Crippen LogP contribution in [-0.4, -0.2) is 18.4 Å². The molecule has 2 rings (SSSR count). The molecular formula is C16H16ClN3O2S. The number of ether oxygens (including phenoxy) is 2. The molecule has 23 heavy (non-hydrogen) atoms. The summed E-state index contributed by atoms with van der Waals surface area (Å²) in [5.74, 6) is 1.43. The van der Waals surface area contributed by atoms with E-state index in [0.717, 1.165) is 11.3 Å². The van der Waals surface area contributed by atoms with Crippen molar-refractivity contribution in [1.82, 2.24) is 5.43 Å². The Bertz CT molecular complexity index is 722. The number of hydrazone groups is 1. The summed E-state index contributed by atoms with van der Waals surface area (Å²) in [7, 11) is 1.63. The number of thiocarbonyl (C=S) groups is 1. The van der Waals surface area contributed by atoms with Crippen molar-refractivity contribution in [3.8, 4) is 11.5 Å². The highest BCUT2D eigenvalue weighted by Crippen LogP contribution is 2.23. The van der Waals surface area contributed by atoms with Crippen LogP contribution in [0.4, 0.5) is 0 Å². The molecule has 0 bridgehead atoms. The third-order valence-electron chi connectivity index (χ3n) is 2.88. The first-order valence-electron chi connectivity index (χ1n) is 6.72. The van der Waals surface area contributed by atoms with E-state index in [4.69, 9.17) is 39.0 Å². The predicted octanol–water partition coefficient (Wildman–Crippen LogP) is 3.09. The number of nitrogens with zero attached hydrogens (tertiary/aromatic N) is 1. The maximum Gasteiger partial charge on any atom is 0.184 e. The van der Waals surface area contributed by atoms with E-state index in [9.17, 15) is 0 Å². The van der Waals surface area contributed by atoms with Gasteiger partial charge in [-0.05, 0) is 48.1 Å². The highest BCUT2D eigenvalue weighted by molar-refractivity contribution is 7.80. The maximum absolute atomic E-state index is 6.01.